The molecule has 1 aliphatic carbocycles. The number of hydrogen-bond donors (Lipinski definition) is 1. The van der Waals surface area contributed by atoms with Gasteiger partial charge in [0.05, 0.1) is 6.10 Å². The Balaban J connectivity index is 2.04. The van der Waals surface area contributed by atoms with Gasteiger partial charge in [0.25, 0.3) is 0 Å². The lowest BCUT2D eigenvalue weighted by Gasteiger charge is -2.26. The third kappa shape index (κ3) is 5.49. The van der Waals surface area contributed by atoms with Crippen LogP contribution in [0.1, 0.15) is 64.2 Å². The summed E-state index contributed by atoms with van der Waals surface area (Å²) in [6.45, 7) is 3.71. The van der Waals surface area contributed by atoms with Crippen LogP contribution in [0.15, 0.2) is 12.7 Å². The zero-order valence-electron chi connectivity index (χ0n) is 10.9. The van der Waals surface area contributed by atoms with Gasteiger partial charge in [0.2, 0.25) is 0 Å². The van der Waals surface area contributed by atoms with Crippen LogP contribution in [-0.4, -0.2) is 17.0 Å². The standard InChI is InChI=1S/C15H26O2/c1-2-3-4-5-6-7-8-10-13-14(16)11-9-12-15(13)17/h2,13-14,16H,1,3-12H2/t13-,14?/m1/s1. The van der Waals surface area contributed by atoms with E-state index in [1.165, 1.54) is 25.7 Å². The van der Waals surface area contributed by atoms with E-state index in [9.17, 15) is 9.90 Å². The van der Waals surface area contributed by atoms with Gasteiger partial charge in [0.15, 0.2) is 0 Å². The van der Waals surface area contributed by atoms with Crippen molar-refractivity contribution >= 4 is 5.78 Å². The Morgan fingerprint density at radius 2 is 1.94 bits per heavy atom. The molecule has 0 aromatic carbocycles. The zero-order valence-corrected chi connectivity index (χ0v) is 10.9. The highest BCUT2D eigenvalue weighted by molar-refractivity contribution is 5.82. The van der Waals surface area contributed by atoms with E-state index in [0.29, 0.717) is 6.42 Å². The van der Waals surface area contributed by atoms with Crippen LogP contribution in [0.4, 0.5) is 0 Å². The van der Waals surface area contributed by atoms with Crippen molar-refractivity contribution in [2.24, 2.45) is 5.92 Å². The van der Waals surface area contributed by atoms with Crippen molar-refractivity contribution in [1.29, 1.82) is 0 Å². The number of hydrogen-bond acceptors (Lipinski definition) is 2. The molecule has 0 saturated heterocycles. The molecule has 17 heavy (non-hydrogen) atoms. The molecule has 1 N–H and O–H groups in total. The fourth-order valence-electron chi connectivity index (χ4n) is 2.62. The molecular weight excluding hydrogens is 212 g/mol. The maximum Gasteiger partial charge on any atom is 0.138 e. The summed E-state index contributed by atoms with van der Waals surface area (Å²) in [5, 5.41) is 9.78. The maximum atomic E-state index is 11.6. The summed E-state index contributed by atoms with van der Waals surface area (Å²) in [7, 11) is 0. The number of aliphatic hydroxyl groups is 1. The molecule has 0 heterocycles. The molecule has 0 amide bonds. The van der Waals surface area contributed by atoms with Crippen molar-refractivity contribution < 1.29 is 9.90 Å². The number of unbranched alkanes of at least 4 members (excludes halogenated alkanes) is 5. The molecule has 0 aliphatic heterocycles. The third-order valence-electron chi connectivity index (χ3n) is 3.72. The first-order valence-electron chi connectivity index (χ1n) is 7.07. The highest BCUT2D eigenvalue weighted by atomic mass is 16.3. The summed E-state index contributed by atoms with van der Waals surface area (Å²) in [6.07, 6.45) is 12.0. The van der Waals surface area contributed by atoms with Gasteiger partial charge in [-0.1, -0.05) is 31.8 Å². The number of allylic oxidation sites excluding steroid dienone is 1. The SMILES string of the molecule is C=CCCCCCCC[C@H]1C(=O)CCCC1O. The summed E-state index contributed by atoms with van der Waals surface area (Å²) < 4.78 is 0. The molecule has 1 aliphatic rings. The summed E-state index contributed by atoms with van der Waals surface area (Å²) >= 11 is 0. The average Bonchev–Trinajstić information content (AvgIpc) is 2.31. The fourth-order valence-corrected chi connectivity index (χ4v) is 2.62. The average molecular weight is 238 g/mol. The summed E-state index contributed by atoms with van der Waals surface area (Å²) in [4.78, 5) is 11.6. The minimum Gasteiger partial charge on any atom is -0.392 e. The molecule has 2 atom stereocenters. The summed E-state index contributed by atoms with van der Waals surface area (Å²) in [6, 6.07) is 0. The van der Waals surface area contributed by atoms with Crippen LogP contribution in [0.3, 0.4) is 0 Å². The van der Waals surface area contributed by atoms with Crippen LogP contribution in [0.2, 0.25) is 0 Å². The van der Waals surface area contributed by atoms with Gasteiger partial charge in [-0.2, -0.15) is 0 Å². The zero-order chi connectivity index (χ0) is 12.5. The quantitative estimate of drug-likeness (QED) is 0.518. The smallest absolute Gasteiger partial charge is 0.138 e. The monoisotopic (exact) mass is 238 g/mol. The fraction of sp³-hybridized carbons (Fsp3) is 0.800. The molecule has 0 aromatic rings. The molecule has 0 spiro atoms. The molecule has 0 bridgehead atoms. The van der Waals surface area contributed by atoms with Gasteiger partial charge in [-0.25, -0.2) is 0 Å². The van der Waals surface area contributed by atoms with Gasteiger partial charge in [0.1, 0.15) is 5.78 Å². The second-order valence-electron chi connectivity index (χ2n) is 5.17. The Bertz CT molecular complexity index is 235. The van der Waals surface area contributed by atoms with Crippen molar-refractivity contribution in [2.75, 3.05) is 0 Å². The molecule has 2 heteroatoms. The minimum atomic E-state index is -0.364. The van der Waals surface area contributed by atoms with Crippen LogP contribution in [-0.2, 0) is 4.79 Å². The third-order valence-corrected chi connectivity index (χ3v) is 3.72. The normalized spacial score (nSPS) is 24.9. The largest absolute Gasteiger partial charge is 0.392 e. The van der Waals surface area contributed by atoms with Crippen LogP contribution in [0.5, 0.6) is 0 Å². The molecule has 2 nitrogen and oxygen atoms in total. The van der Waals surface area contributed by atoms with Gasteiger partial charge >= 0.3 is 0 Å². The molecule has 98 valence electrons. The number of rotatable bonds is 8. The van der Waals surface area contributed by atoms with E-state index >= 15 is 0 Å². The van der Waals surface area contributed by atoms with Gasteiger partial charge < -0.3 is 5.11 Å². The van der Waals surface area contributed by atoms with Gasteiger partial charge in [0, 0.05) is 12.3 Å². The second-order valence-corrected chi connectivity index (χ2v) is 5.17. The van der Waals surface area contributed by atoms with Crippen molar-refractivity contribution in [3.63, 3.8) is 0 Å². The molecular formula is C15H26O2. The Kier molecular flexibility index (Phi) is 7.18. The highest BCUT2D eigenvalue weighted by Gasteiger charge is 2.29. The molecule has 0 aromatic heterocycles. The van der Waals surface area contributed by atoms with Gasteiger partial charge in [-0.3, -0.25) is 4.79 Å². The molecule has 1 saturated carbocycles. The summed E-state index contributed by atoms with van der Waals surface area (Å²) in [5.41, 5.74) is 0. The molecule has 1 unspecified atom stereocenters. The van der Waals surface area contributed by atoms with Gasteiger partial charge in [-0.15, -0.1) is 6.58 Å². The van der Waals surface area contributed by atoms with E-state index in [1.807, 2.05) is 6.08 Å². The highest BCUT2D eigenvalue weighted by Crippen LogP contribution is 2.26. The minimum absolute atomic E-state index is 0.0584. The van der Waals surface area contributed by atoms with E-state index in [2.05, 4.69) is 6.58 Å². The Labute approximate surface area is 105 Å². The van der Waals surface area contributed by atoms with E-state index in [1.54, 1.807) is 0 Å². The molecule has 1 fully saturated rings. The maximum absolute atomic E-state index is 11.6. The predicted octanol–water partition coefficient (Wildman–Crippen LogP) is 3.63. The molecule has 0 radical (unpaired) electrons. The van der Waals surface area contributed by atoms with E-state index in [4.69, 9.17) is 0 Å². The lowest BCUT2D eigenvalue weighted by atomic mass is 9.82. The van der Waals surface area contributed by atoms with E-state index in [-0.39, 0.29) is 17.8 Å². The number of Topliss-reactive ketones (excluding diaryl/α,β-unsaturated/α-hetero) is 1. The van der Waals surface area contributed by atoms with Crippen molar-refractivity contribution in [3.8, 4) is 0 Å². The topological polar surface area (TPSA) is 37.3 Å². The number of carbonyl (C=O) groups excluding carboxylic acids is 1. The van der Waals surface area contributed by atoms with Crippen molar-refractivity contribution in [1.82, 2.24) is 0 Å². The lowest BCUT2D eigenvalue weighted by molar-refractivity contribution is -0.129. The number of carbonyl (C=O) groups is 1. The van der Waals surface area contributed by atoms with Crippen LogP contribution in [0.25, 0.3) is 0 Å². The van der Waals surface area contributed by atoms with Gasteiger partial charge in [-0.05, 0) is 32.1 Å². The summed E-state index contributed by atoms with van der Waals surface area (Å²) in [5.74, 6) is 0.229. The van der Waals surface area contributed by atoms with Crippen LogP contribution in [0, 0.1) is 5.92 Å². The molecule has 1 rings (SSSR count). The first-order valence-corrected chi connectivity index (χ1v) is 7.07. The number of ketones is 1. The first kappa shape index (κ1) is 14.4. The van der Waals surface area contributed by atoms with Crippen molar-refractivity contribution in [2.45, 2.75) is 70.3 Å². The number of aliphatic hydroxyl groups excluding tert-OH is 1. The van der Waals surface area contributed by atoms with Crippen molar-refractivity contribution in [3.05, 3.63) is 12.7 Å². The second kappa shape index (κ2) is 8.46. The van der Waals surface area contributed by atoms with E-state index in [0.717, 1.165) is 32.1 Å². The Morgan fingerprint density at radius 3 is 2.65 bits per heavy atom. The Morgan fingerprint density at radius 1 is 1.24 bits per heavy atom. The predicted molar refractivity (Wildman–Crippen MR) is 70.9 cm³/mol. The van der Waals surface area contributed by atoms with E-state index < -0.39 is 0 Å². The van der Waals surface area contributed by atoms with Crippen LogP contribution < -0.4 is 0 Å². The lowest BCUT2D eigenvalue weighted by Crippen LogP contribution is -2.32. The first-order chi connectivity index (χ1) is 8.25. The Hall–Kier alpha value is -0.630. The van der Waals surface area contributed by atoms with Crippen LogP contribution >= 0.6 is 0 Å².